The molecule has 0 radical (unpaired) electrons. The quantitative estimate of drug-likeness (QED) is 0.209. The van der Waals surface area contributed by atoms with E-state index in [4.69, 9.17) is 23.1 Å². The third-order valence-electron chi connectivity index (χ3n) is 2.60. The van der Waals surface area contributed by atoms with Gasteiger partial charge in [-0.15, -0.1) is 0 Å². The molecule has 0 aliphatic carbocycles. The maximum absolute atomic E-state index is 11.2. The average Bonchev–Trinajstić information content (AvgIpc) is 2.46. The second kappa shape index (κ2) is 14.2. The average molecular weight is 320 g/mol. The molecule has 0 aromatic heterocycles. The number of hydrogen-bond donors (Lipinski definition) is 0. The Morgan fingerprint density at radius 1 is 0.952 bits per heavy atom. The van der Waals surface area contributed by atoms with Crippen LogP contribution < -0.4 is 0 Å². The number of hydrogen-bond acceptors (Lipinski definition) is 6. The minimum absolute atomic E-state index is 0.337. The van der Waals surface area contributed by atoms with Crippen LogP contribution >= 0.6 is 0 Å². The Bertz CT molecular complexity index is 275. The number of ether oxygens (including phenoxy) is 3. The van der Waals surface area contributed by atoms with Crippen LogP contribution in [-0.4, -0.2) is 62.5 Å². The Morgan fingerprint density at radius 2 is 1.52 bits per heavy atom. The number of esters is 1. The summed E-state index contributed by atoms with van der Waals surface area (Å²) in [5, 5.41) is 0. The smallest absolute Gasteiger partial charge is 0.333 e. The fourth-order valence-electron chi connectivity index (χ4n) is 1.44. The number of carbonyl (C=O) groups is 1. The second-order valence-corrected chi connectivity index (χ2v) is 6.67. The van der Waals surface area contributed by atoms with Gasteiger partial charge < -0.3 is 23.1 Å². The van der Waals surface area contributed by atoms with Crippen LogP contribution in [0.3, 0.4) is 0 Å². The van der Waals surface area contributed by atoms with E-state index in [2.05, 4.69) is 6.58 Å². The molecule has 0 aliphatic heterocycles. The van der Waals surface area contributed by atoms with Gasteiger partial charge in [0.1, 0.15) is 0 Å². The lowest BCUT2D eigenvalue weighted by atomic mass is 10.3. The lowest BCUT2D eigenvalue weighted by Gasteiger charge is -2.16. The van der Waals surface area contributed by atoms with Crippen molar-refractivity contribution >= 4 is 15.3 Å². The minimum Gasteiger partial charge on any atom is -0.462 e. The van der Waals surface area contributed by atoms with Gasteiger partial charge in [-0.3, -0.25) is 0 Å². The van der Waals surface area contributed by atoms with E-state index in [1.165, 1.54) is 0 Å². The Morgan fingerprint density at radius 3 is 2.00 bits per heavy atom. The molecule has 6 nitrogen and oxygen atoms in total. The van der Waals surface area contributed by atoms with Crippen molar-refractivity contribution in [2.24, 2.45) is 0 Å². The summed E-state index contributed by atoms with van der Waals surface area (Å²) in [6, 6.07) is 0.873. The zero-order valence-corrected chi connectivity index (χ0v) is 14.5. The topological polar surface area (TPSA) is 63.2 Å². The molecule has 7 heteroatoms. The highest BCUT2D eigenvalue weighted by molar-refractivity contribution is 6.44. The van der Waals surface area contributed by atoms with Crippen LogP contribution in [0, 0.1) is 0 Å². The van der Waals surface area contributed by atoms with Crippen molar-refractivity contribution in [3.05, 3.63) is 12.2 Å². The molecule has 0 amide bonds. The van der Waals surface area contributed by atoms with Crippen LogP contribution in [0.1, 0.15) is 19.8 Å². The molecule has 124 valence electrons. The lowest BCUT2D eigenvalue weighted by molar-refractivity contribution is -0.139. The first kappa shape index (κ1) is 20.3. The van der Waals surface area contributed by atoms with Gasteiger partial charge in [-0.1, -0.05) is 6.58 Å². The molecule has 0 aliphatic rings. The molecule has 0 bridgehead atoms. The normalized spacial score (nSPS) is 10.9. The summed E-state index contributed by atoms with van der Waals surface area (Å²) in [7, 11) is 1.58. The van der Waals surface area contributed by atoms with Crippen LogP contribution in [0.4, 0.5) is 0 Å². The van der Waals surface area contributed by atoms with Crippen LogP contribution in [0.25, 0.3) is 0 Å². The molecule has 0 aromatic carbocycles. The zero-order valence-electron chi connectivity index (χ0n) is 13.4. The standard InChI is InChI=1S/C14H28O6Si/c1-13(2)14(15)18-7-5-6-12-21(19-10-8-16-3)20-11-9-17-4/h21H,1,5-12H2,2-4H3. The molecule has 0 saturated heterocycles. The van der Waals surface area contributed by atoms with Crippen LogP contribution in [0.15, 0.2) is 12.2 Å². The van der Waals surface area contributed by atoms with E-state index in [9.17, 15) is 4.79 Å². The summed E-state index contributed by atoms with van der Waals surface area (Å²) in [6.45, 7) is 7.80. The lowest BCUT2D eigenvalue weighted by Crippen LogP contribution is -2.26. The monoisotopic (exact) mass is 320 g/mol. The first-order valence-electron chi connectivity index (χ1n) is 7.15. The molecule has 0 heterocycles. The van der Waals surface area contributed by atoms with E-state index in [-0.39, 0.29) is 5.97 Å². The minimum atomic E-state index is -1.70. The van der Waals surface area contributed by atoms with Gasteiger partial charge in [-0.2, -0.15) is 0 Å². The number of methoxy groups -OCH3 is 2. The predicted molar refractivity (Wildman–Crippen MR) is 82.6 cm³/mol. The first-order chi connectivity index (χ1) is 10.1. The molecule has 0 N–H and O–H groups in total. The Balaban J connectivity index is 3.77. The molecule has 21 heavy (non-hydrogen) atoms. The van der Waals surface area contributed by atoms with Crippen molar-refractivity contribution in [3.8, 4) is 0 Å². The molecular weight excluding hydrogens is 292 g/mol. The summed E-state index contributed by atoms with van der Waals surface area (Å²) in [6.07, 6.45) is 1.70. The van der Waals surface area contributed by atoms with Gasteiger partial charge in [0.2, 0.25) is 0 Å². The summed E-state index contributed by atoms with van der Waals surface area (Å²) >= 11 is 0. The first-order valence-corrected chi connectivity index (χ1v) is 8.91. The van der Waals surface area contributed by atoms with Crippen LogP contribution in [0.2, 0.25) is 6.04 Å². The van der Waals surface area contributed by atoms with Crippen molar-refractivity contribution in [1.82, 2.24) is 0 Å². The molecule has 0 rings (SSSR count). The molecule has 0 fully saturated rings. The zero-order chi connectivity index (χ0) is 15.9. The van der Waals surface area contributed by atoms with Crippen molar-refractivity contribution in [2.45, 2.75) is 25.8 Å². The number of rotatable bonds is 14. The molecule has 0 spiro atoms. The van der Waals surface area contributed by atoms with E-state index >= 15 is 0 Å². The van der Waals surface area contributed by atoms with Gasteiger partial charge in [0, 0.05) is 19.8 Å². The highest BCUT2D eigenvalue weighted by Crippen LogP contribution is 2.06. The predicted octanol–water partition coefficient (Wildman–Crippen LogP) is 1.43. The maximum Gasteiger partial charge on any atom is 0.333 e. The van der Waals surface area contributed by atoms with E-state index < -0.39 is 9.28 Å². The highest BCUT2D eigenvalue weighted by atomic mass is 28.3. The van der Waals surface area contributed by atoms with Gasteiger partial charge in [0.05, 0.1) is 33.0 Å². The van der Waals surface area contributed by atoms with Gasteiger partial charge in [-0.25, -0.2) is 4.79 Å². The Kier molecular flexibility index (Phi) is 13.7. The SMILES string of the molecule is C=C(C)C(=O)OCCCC[SiH](OCCOC)OCCOC. The second-order valence-electron chi connectivity index (χ2n) is 4.57. The molecule has 0 aromatic rings. The third-order valence-corrected chi connectivity index (χ3v) is 4.69. The van der Waals surface area contributed by atoms with Gasteiger partial charge >= 0.3 is 15.3 Å². The number of carbonyl (C=O) groups excluding carboxylic acids is 1. The van der Waals surface area contributed by atoms with E-state index in [1.807, 2.05) is 0 Å². The largest absolute Gasteiger partial charge is 0.462 e. The van der Waals surface area contributed by atoms with Gasteiger partial charge in [0.15, 0.2) is 0 Å². The molecule has 0 unspecified atom stereocenters. The Labute approximate surface area is 129 Å². The van der Waals surface area contributed by atoms with E-state index in [1.54, 1.807) is 21.1 Å². The molecular formula is C14H28O6Si. The van der Waals surface area contributed by atoms with Crippen molar-refractivity contribution in [2.75, 3.05) is 47.3 Å². The van der Waals surface area contributed by atoms with Crippen molar-refractivity contribution in [3.63, 3.8) is 0 Å². The molecule has 0 atom stereocenters. The maximum atomic E-state index is 11.2. The van der Waals surface area contributed by atoms with Crippen LogP contribution in [-0.2, 0) is 27.9 Å². The highest BCUT2D eigenvalue weighted by Gasteiger charge is 2.13. The molecule has 0 saturated carbocycles. The van der Waals surface area contributed by atoms with Crippen LogP contribution in [0.5, 0.6) is 0 Å². The van der Waals surface area contributed by atoms with Gasteiger partial charge in [0.25, 0.3) is 0 Å². The Hall–Kier alpha value is -0.733. The summed E-state index contributed by atoms with van der Waals surface area (Å²) in [5.41, 5.74) is 0.424. The van der Waals surface area contributed by atoms with Gasteiger partial charge in [-0.05, 0) is 25.8 Å². The van der Waals surface area contributed by atoms with E-state index in [0.29, 0.717) is 38.6 Å². The summed E-state index contributed by atoms with van der Waals surface area (Å²) in [5.74, 6) is -0.337. The fourth-order valence-corrected chi connectivity index (χ4v) is 3.21. The van der Waals surface area contributed by atoms with E-state index in [0.717, 1.165) is 18.9 Å². The summed E-state index contributed by atoms with van der Waals surface area (Å²) < 4.78 is 26.4. The van der Waals surface area contributed by atoms with Crippen molar-refractivity contribution in [1.29, 1.82) is 0 Å². The number of unbranched alkanes of at least 4 members (excludes halogenated alkanes) is 1. The third kappa shape index (κ3) is 12.7. The van der Waals surface area contributed by atoms with Crippen molar-refractivity contribution < 1.29 is 27.9 Å². The fraction of sp³-hybridized carbons (Fsp3) is 0.786. The summed E-state index contributed by atoms with van der Waals surface area (Å²) in [4.78, 5) is 11.2.